The fraction of sp³-hybridized carbons (Fsp3) is 0.766. The molecule has 2 heterocycles. The van der Waals surface area contributed by atoms with Crippen molar-refractivity contribution in [3.8, 4) is 0 Å². The lowest BCUT2D eigenvalue weighted by atomic mass is 9.85. The summed E-state index contributed by atoms with van der Waals surface area (Å²) in [6.45, 7) is 19.7. The fourth-order valence-corrected chi connectivity index (χ4v) is 7.35. The maximum atomic E-state index is 14.0. The molecule has 0 bridgehead atoms. The van der Waals surface area contributed by atoms with E-state index in [0.717, 1.165) is 31.4 Å². The number of esters is 4. The number of ketones is 1. The van der Waals surface area contributed by atoms with Gasteiger partial charge in [-0.1, -0.05) is 51.2 Å². The Bertz CT molecular complexity index is 1670. The minimum Gasteiger partial charge on any atom is -0.462 e. The summed E-state index contributed by atoms with van der Waals surface area (Å²) in [4.78, 5) is 71.1. The van der Waals surface area contributed by atoms with Crippen LogP contribution in [0.1, 0.15) is 164 Å². The maximum Gasteiger partial charge on any atom is 0.416 e. The van der Waals surface area contributed by atoms with Crippen LogP contribution in [0.15, 0.2) is 24.3 Å². The van der Waals surface area contributed by atoms with Crippen molar-refractivity contribution in [1.82, 2.24) is 4.90 Å². The van der Waals surface area contributed by atoms with Gasteiger partial charge >= 0.3 is 30.1 Å². The van der Waals surface area contributed by atoms with E-state index in [2.05, 4.69) is 0 Å². The minimum atomic E-state index is -4.62. The Labute approximate surface area is 366 Å². The molecule has 0 unspecified atom stereocenters. The van der Waals surface area contributed by atoms with Gasteiger partial charge in [-0.2, -0.15) is 13.2 Å². The zero-order chi connectivity index (χ0) is 47.0. The van der Waals surface area contributed by atoms with Crippen LogP contribution in [0.25, 0.3) is 0 Å². The smallest absolute Gasteiger partial charge is 0.416 e. The van der Waals surface area contributed by atoms with Gasteiger partial charge in [-0.15, -0.1) is 0 Å². The number of aliphatic hydroxyl groups excluding tert-OH is 1. The topological polar surface area (TPSA) is 155 Å². The molecule has 1 aromatic carbocycles. The zero-order valence-electron chi connectivity index (χ0n) is 38.9. The molecular weight excluding hydrogens is 812 g/mol. The lowest BCUT2D eigenvalue weighted by Gasteiger charge is -2.53. The number of nitrogens with zero attached hydrogens (tertiary/aromatic N) is 1. The summed E-state index contributed by atoms with van der Waals surface area (Å²) < 4.78 is 73.1. The SMILES string of the molecule is CCCC[C@H]1CC(=O)C[C@@H](c2ccc(C(F)(F)F)cc2)N1[C@@H]1O[C@H](COC(=O)C(C)(C)CCCCCCO)[C@H](OC(=O)C(C)(C)C)[C@H](OC(=O)C(C)(C)C)[C@H]1OC(=O)C(C)(C)C. The first-order valence-corrected chi connectivity index (χ1v) is 22.1. The Morgan fingerprint density at radius 3 is 1.73 bits per heavy atom. The maximum absolute atomic E-state index is 14.0. The van der Waals surface area contributed by atoms with Gasteiger partial charge in [0.1, 0.15) is 18.5 Å². The van der Waals surface area contributed by atoms with Crippen LogP contribution in [0.5, 0.6) is 0 Å². The van der Waals surface area contributed by atoms with E-state index in [1.54, 1.807) is 76.2 Å². The Balaban J connectivity index is 2.33. The van der Waals surface area contributed by atoms with Gasteiger partial charge in [0.25, 0.3) is 0 Å². The van der Waals surface area contributed by atoms with Crippen LogP contribution in [-0.4, -0.2) is 89.6 Å². The highest BCUT2D eigenvalue weighted by Gasteiger charge is 2.58. The Hall–Kier alpha value is -3.56. The van der Waals surface area contributed by atoms with Gasteiger partial charge in [0.05, 0.1) is 27.2 Å². The second-order valence-corrected chi connectivity index (χ2v) is 20.6. The van der Waals surface area contributed by atoms with Gasteiger partial charge in [-0.25, -0.2) is 0 Å². The fourth-order valence-electron chi connectivity index (χ4n) is 7.35. The molecule has 7 atom stereocenters. The molecule has 2 fully saturated rings. The summed E-state index contributed by atoms with van der Waals surface area (Å²) in [5, 5.41) is 9.18. The Morgan fingerprint density at radius 1 is 0.710 bits per heavy atom. The highest BCUT2D eigenvalue weighted by Crippen LogP contribution is 2.44. The summed E-state index contributed by atoms with van der Waals surface area (Å²) in [6, 6.07) is 3.01. The number of carbonyl (C=O) groups is 5. The van der Waals surface area contributed by atoms with Gasteiger partial charge in [0.15, 0.2) is 24.5 Å². The highest BCUT2D eigenvalue weighted by molar-refractivity contribution is 5.81. The normalized spacial score (nSPS) is 24.3. The molecule has 0 spiro atoms. The molecule has 0 amide bonds. The van der Waals surface area contributed by atoms with Crippen molar-refractivity contribution < 1.29 is 65.9 Å². The molecule has 0 aliphatic carbocycles. The molecule has 1 N–H and O–H groups in total. The van der Waals surface area contributed by atoms with E-state index in [9.17, 15) is 42.3 Å². The average Bonchev–Trinajstić information content (AvgIpc) is 3.15. The third-order valence-corrected chi connectivity index (χ3v) is 11.3. The summed E-state index contributed by atoms with van der Waals surface area (Å²) in [6.07, 6.45) is -6.75. The highest BCUT2D eigenvalue weighted by atomic mass is 19.4. The zero-order valence-corrected chi connectivity index (χ0v) is 38.9. The number of hydrogen-bond donors (Lipinski definition) is 1. The van der Waals surface area contributed by atoms with Crippen LogP contribution in [0, 0.1) is 21.7 Å². The summed E-state index contributed by atoms with van der Waals surface area (Å²) in [7, 11) is 0. The minimum absolute atomic E-state index is 0.0396. The largest absolute Gasteiger partial charge is 0.462 e. The summed E-state index contributed by atoms with van der Waals surface area (Å²) in [5.41, 5.74) is -4.78. The van der Waals surface area contributed by atoms with E-state index in [4.69, 9.17) is 23.7 Å². The first kappa shape index (κ1) is 52.8. The number of benzene rings is 1. The lowest BCUT2D eigenvalue weighted by molar-refractivity contribution is -0.294. The average molecular weight is 884 g/mol. The van der Waals surface area contributed by atoms with Crippen molar-refractivity contribution in [2.75, 3.05) is 13.2 Å². The molecular formula is C47H72F3NO11. The molecule has 3 rings (SSSR count). The van der Waals surface area contributed by atoms with Crippen molar-refractivity contribution in [2.24, 2.45) is 21.7 Å². The number of halogens is 3. The second-order valence-electron chi connectivity index (χ2n) is 20.6. The van der Waals surface area contributed by atoms with Crippen LogP contribution < -0.4 is 0 Å². The molecule has 0 radical (unpaired) electrons. The molecule has 352 valence electrons. The molecule has 2 aliphatic heterocycles. The van der Waals surface area contributed by atoms with Crippen LogP contribution in [0.2, 0.25) is 0 Å². The standard InChI is InChI=1S/C47H72F3NO11/c1-13-14-19-31-26-32(53)27-33(29-20-22-30(23-21-29)47(48,49)50)51(31)38-37(62-41(56)45(8,9)10)36(61-40(55)44(5,6)7)35(60-39(54)43(2,3)4)34(59-38)28-58-42(57)46(11,12)24-17-15-16-18-25-52/h20-23,31,33-38,52H,13-19,24-28H2,1-12H3/t31-,33-,34+,35-,36-,37+,38+/m0/s1. The van der Waals surface area contributed by atoms with Gasteiger partial charge in [0, 0.05) is 31.5 Å². The molecule has 12 nitrogen and oxygen atoms in total. The van der Waals surface area contributed by atoms with Crippen molar-refractivity contribution in [1.29, 1.82) is 0 Å². The van der Waals surface area contributed by atoms with E-state index in [1.165, 1.54) is 12.1 Å². The van der Waals surface area contributed by atoms with E-state index < -0.39 is 107 Å². The summed E-state index contributed by atoms with van der Waals surface area (Å²) in [5.74, 6) is -2.87. The number of likely N-dealkylation sites (tertiary alicyclic amines) is 1. The predicted molar refractivity (Wildman–Crippen MR) is 225 cm³/mol. The number of carbonyl (C=O) groups excluding carboxylic acids is 5. The molecule has 62 heavy (non-hydrogen) atoms. The van der Waals surface area contributed by atoms with Crippen LogP contribution >= 0.6 is 0 Å². The Kier molecular flexibility index (Phi) is 18.2. The molecule has 2 saturated heterocycles. The number of hydrogen-bond acceptors (Lipinski definition) is 12. The molecule has 0 aromatic heterocycles. The molecule has 1 aromatic rings. The van der Waals surface area contributed by atoms with Crippen molar-refractivity contribution in [3.63, 3.8) is 0 Å². The third-order valence-electron chi connectivity index (χ3n) is 11.3. The van der Waals surface area contributed by atoms with Gasteiger partial charge in [-0.3, -0.25) is 28.9 Å². The second kappa shape index (κ2) is 21.4. The van der Waals surface area contributed by atoms with Gasteiger partial charge < -0.3 is 28.8 Å². The number of ether oxygens (including phenoxy) is 5. The van der Waals surface area contributed by atoms with Gasteiger partial charge in [0.2, 0.25) is 0 Å². The molecule has 0 saturated carbocycles. The summed E-state index contributed by atoms with van der Waals surface area (Å²) >= 11 is 0. The van der Waals surface area contributed by atoms with Crippen LogP contribution in [-0.2, 0) is 53.8 Å². The number of unbranched alkanes of at least 4 members (excludes halogenated alkanes) is 4. The van der Waals surface area contributed by atoms with Crippen molar-refractivity contribution in [2.45, 2.75) is 196 Å². The number of alkyl halides is 3. The number of rotatable bonds is 17. The lowest BCUT2D eigenvalue weighted by Crippen LogP contribution is -2.69. The number of aliphatic hydroxyl groups is 1. The molecule has 15 heteroatoms. The molecule has 2 aliphatic rings. The predicted octanol–water partition coefficient (Wildman–Crippen LogP) is 9.08. The third kappa shape index (κ3) is 14.5. The van der Waals surface area contributed by atoms with E-state index >= 15 is 0 Å². The van der Waals surface area contributed by atoms with Crippen molar-refractivity contribution >= 4 is 29.7 Å². The van der Waals surface area contributed by atoms with E-state index in [-0.39, 0.29) is 25.2 Å². The quantitative estimate of drug-likeness (QED) is 0.0902. The van der Waals surface area contributed by atoms with Crippen LogP contribution in [0.4, 0.5) is 13.2 Å². The first-order chi connectivity index (χ1) is 28.5. The van der Waals surface area contributed by atoms with Crippen molar-refractivity contribution in [3.05, 3.63) is 35.4 Å². The van der Waals surface area contributed by atoms with Crippen LogP contribution in [0.3, 0.4) is 0 Å². The first-order valence-electron chi connectivity index (χ1n) is 22.1. The van der Waals surface area contributed by atoms with E-state index in [1.807, 2.05) is 11.8 Å². The number of Topliss-reactive ketones (excluding diaryl/α,β-unsaturated/α-hetero) is 1. The Morgan fingerprint density at radius 2 is 1.23 bits per heavy atom. The number of piperidine rings is 1. The van der Waals surface area contributed by atoms with E-state index in [0.29, 0.717) is 37.7 Å². The van der Waals surface area contributed by atoms with Gasteiger partial charge in [-0.05, 0) is 113 Å². The monoisotopic (exact) mass is 884 g/mol.